The summed E-state index contributed by atoms with van der Waals surface area (Å²) in [5.41, 5.74) is -6.89. The summed E-state index contributed by atoms with van der Waals surface area (Å²) in [6.07, 6.45) is -2.81. The van der Waals surface area contributed by atoms with E-state index in [9.17, 15) is 44.2 Å². The van der Waals surface area contributed by atoms with E-state index in [2.05, 4.69) is 20.4 Å². The molecule has 1 fully saturated rings. The Kier molecular flexibility index (Phi) is 6.31. The van der Waals surface area contributed by atoms with Crippen LogP contribution in [0.5, 0.6) is 0 Å². The van der Waals surface area contributed by atoms with Gasteiger partial charge in [0.05, 0.1) is 27.0 Å². The minimum absolute atomic E-state index is 0.167. The molecule has 1 saturated carbocycles. The van der Waals surface area contributed by atoms with Gasteiger partial charge in [-0.05, 0) is 42.7 Å². The van der Waals surface area contributed by atoms with E-state index in [0.29, 0.717) is 30.5 Å². The zero-order valence-corrected chi connectivity index (χ0v) is 20.4. The molecule has 1 aromatic carbocycles. The maximum Gasteiger partial charge on any atom is 0.483 e. The Morgan fingerprint density at radius 3 is 2.35 bits per heavy atom. The number of rotatable bonds is 6. The lowest BCUT2D eigenvalue weighted by Gasteiger charge is -2.14. The largest absolute Gasteiger partial charge is 0.483 e. The molecule has 4 rings (SSSR count). The Labute approximate surface area is 206 Å². The van der Waals surface area contributed by atoms with Gasteiger partial charge in [0.1, 0.15) is 17.8 Å². The molecule has 37 heavy (non-hydrogen) atoms. The zero-order chi connectivity index (χ0) is 27.4. The molecule has 1 aliphatic rings. The molecular formula is C21H16F6N4O4S2. The van der Waals surface area contributed by atoms with Crippen molar-refractivity contribution in [3.63, 3.8) is 0 Å². The van der Waals surface area contributed by atoms with Crippen molar-refractivity contribution in [2.45, 2.75) is 46.7 Å². The summed E-state index contributed by atoms with van der Waals surface area (Å²) in [6, 6.07) is 5.59. The van der Waals surface area contributed by atoms with Gasteiger partial charge in [0.25, 0.3) is 0 Å². The van der Waals surface area contributed by atoms with Gasteiger partial charge in [-0.15, -0.1) is 0 Å². The Morgan fingerprint density at radius 1 is 1.14 bits per heavy atom. The standard InChI is InChI=1S/C21H16F6N4O4S2/c1-2-36(32,33)16-7-12(19(10-28)5-6-19)9-29-17(16)18-31-14-8-13(3-4-15(14)35-18)37(34,21(25,26)27)30-11-20(22,23)24/h3-4,7-9H,2,5-6,11H2,1H3. The Balaban J connectivity index is 1.87. The lowest BCUT2D eigenvalue weighted by atomic mass is 9.99. The molecule has 8 nitrogen and oxygen atoms in total. The molecule has 0 amide bonds. The predicted molar refractivity (Wildman–Crippen MR) is 117 cm³/mol. The van der Waals surface area contributed by atoms with Gasteiger partial charge >= 0.3 is 11.7 Å². The van der Waals surface area contributed by atoms with Crippen LogP contribution in [0.3, 0.4) is 0 Å². The van der Waals surface area contributed by atoms with E-state index in [0.717, 1.165) is 6.07 Å². The highest BCUT2D eigenvalue weighted by atomic mass is 32.2. The number of benzene rings is 1. The first-order chi connectivity index (χ1) is 17.1. The average molecular weight is 567 g/mol. The molecule has 3 aromatic rings. The molecule has 0 N–H and O–H groups in total. The molecule has 0 bridgehead atoms. The van der Waals surface area contributed by atoms with Gasteiger partial charge in [-0.1, -0.05) is 6.92 Å². The van der Waals surface area contributed by atoms with Crippen LogP contribution < -0.4 is 0 Å². The molecule has 0 radical (unpaired) electrons. The third-order valence-corrected chi connectivity index (χ3v) is 9.46. The van der Waals surface area contributed by atoms with Gasteiger partial charge in [-0.3, -0.25) is 0 Å². The van der Waals surface area contributed by atoms with E-state index in [4.69, 9.17) is 4.42 Å². The summed E-state index contributed by atoms with van der Waals surface area (Å²) >= 11 is 0. The Hall–Kier alpha value is -3.19. The van der Waals surface area contributed by atoms with Crippen LogP contribution in [0, 0.1) is 11.3 Å². The molecule has 2 heterocycles. The van der Waals surface area contributed by atoms with Gasteiger partial charge in [0.2, 0.25) is 5.89 Å². The Morgan fingerprint density at radius 2 is 1.81 bits per heavy atom. The number of halogens is 6. The number of alkyl halides is 6. The summed E-state index contributed by atoms with van der Waals surface area (Å²) in [4.78, 5) is 6.70. The van der Waals surface area contributed by atoms with Crippen LogP contribution in [-0.2, 0) is 25.0 Å². The first-order valence-corrected chi connectivity index (χ1v) is 13.6. The molecule has 1 aliphatic carbocycles. The second-order valence-electron chi connectivity index (χ2n) is 8.19. The molecule has 2 aromatic heterocycles. The molecule has 16 heteroatoms. The minimum Gasteiger partial charge on any atom is -0.435 e. The number of pyridine rings is 1. The van der Waals surface area contributed by atoms with Crippen LogP contribution >= 0.6 is 0 Å². The van der Waals surface area contributed by atoms with Gasteiger partial charge in [0, 0.05) is 6.20 Å². The lowest BCUT2D eigenvalue weighted by molar-refractivity contribution is -0.118. The van der Waals surface area contributed by atoms with E-state index >= 15 is 0 Å². The summed E-state index contributed by atoms with van der Waals surface area (Å²) in [5.74, 6) is -0.748. The smallest absolute Gasteiger partial charge is 0.435 e. The maximum atomic E-state index is 13.5. The van der Waals surface area contributed by atoms with Crippen LogP contribution in [0.1, 0.15) is 25.3 Å². The highest BCUT2D eigenvalue weighted by Crippen LogP contribution is 2.48. The molecular weight excluding hydrogens is 550 g/mol. The zero-order valence-electron chi connectivity index (χ0n) is 18.7. The summed E-state index contributed by atoms with van der Waals surface area (Å²) < 4.78 is 124. The number of nitriles is 1. The Bertz CT molecular complexity index is 1660. The number of hydrogen-bond donors (Lipinski definition) is 0. The van der Waals surface area contributed by atoms with Crippen molar-refractivity contribution in [1.82, 2.24) is 9.97 Å². The fraction of sp³-hybridized carbons (Fsp3) is 0.381. The van der Waals surface area contributed by atoms with Crippen LogP contribution in [0.4, 0.5) is 26.3 Å². The van der Waals surface area contributed by atoms with Crippen molar-refractivity contribution < 1.29 is 43.4 Å². The second kappa shape index (κ2) is 8.69. The number of hydrogen-bond acceptors (Lipinski definition) is 8. The van der Waals surface area contributed by atoms with Crippen molar-refractivity contribution in [3.05, 3.63) is 36.0 Å². The van der Waals surface area contributed by atoms with Crippen LogP contribution in [0.15, 0.2) is 49.0 Å². The SMILES string of the molecule is CCS(=O)(=O)c1cc(C2(C#N)CC2)cnc1-c1nc2cc(S(=O)(=NCC(F)(F)F)C(F)(F)F)ccc2o1. The second-order valence-corrected chi connectivity index (χ2v) is 12.7. The minimum atomic E-state index is -5.63. The van der Waals surface area contributed by atoms with Crippen molar-refractivity contribution in [2.24, 2.45) is 4.36 Å². The predicted octanol–water partition coefficient (Wildman–Crippen LogP) is 5.15. The molecule has 0 saturated heterocycles. The quantitative estimate of drug-likeness (QED) is 0.378. The van der Waals surface area contributed by atoms with Crippen molar-refractivity contribution in [1.29, 1.82) is 5.26 Å². The van der Waals surface area contributed by atoms with E-state index in [1.807, 2.05) is 0 Å². The third-order valence-electron chi connectivity index (χ3n) is 5.70. The normalized spacial score (nSPS) is 17.2. The van der Waals surface area contributed by atoms with Gasteiger partial charge in [-0.25, -0.2) is 27.0 Å². The van der Waals surface area contributed by atoms with E-state index in [1.54, 1.807) is 0 Å². The number of oxazole rings is 1. The van der Waals surface area contributed by atoms with E-state index in [-0.39, 0.29) is 27.4 Å². The van der Waals surface area contributed by atoms with Crippen LogP contribution in [0.2, 0.25) is 0 Å². The first-order valence-electron chi connectivity index (χ1n) is 10.5. The van der Waals surface area contributed by atoms with Crippen molar-refractivity contribution in [3.8, 4) is 17.7 Å². The van der Waals surface area contributed by atoms with Crippen LogP contribution in [-0.4, -0.2) is 46.6 Å². The van der Waals surface area contributed by atoms with Gasteiger partial charge in [0.15, 0.2) is 25.1 Å². The monoisotopic (exact) mass is 566 g/mol. The number of aromatic nitrogens is 2. The third kappa shape index (κ3) is 4.89. The molecule has 1 atom stereocenters. The maximum absolute atomic E-state index is 13.5. The van der Waals surface area contributed by atoms with Gasteiger partial charge < -0.3 is 4.42 Å². The fourth-order valence-electron chi connectivity index (χ4n) is 3.48. The van der Waals surface area contributed by atoms with Crippen molar-refractivity contribution in [2.75, 3.05) is 12.3 Å². The van der Waals surface area contributed by atoms with Crippen molar-refractivity contribution >= 4 is 30.7 Å². The molecule has 198 valence electrons. The molecule has 0 aliphatic heterocycles. The first kappa shape index (κ1) is 26.9. The van der Waals surface area contributed by atoms with E-state index < -0.39 is 54.0 Å². The fourth-order valence-corrected chi connectivity index (χ4v) is 5.94. The number of sulfone groups is 1. The number of nitrogens with zero attached hydrogens (tertiary/aromatic N) is 4. The number of fused-ring (bicyclic) bond motifs is 1. The summed E-state index contributed by atoms with van der Waals surface area (Å²) in [5, 5.41) is 9.44. The highest BCUT2D eigenvalue weighted by Gasteiger charge is 2.47. The summed E-state index contributed by atoms with van der Waals surface area (Å²) in [6.45, 7) is -0.911. The molecule has 0 spiro atoms. The highest BCUT2D eigenvalue weighted by molar-refractivity contribution is 7.94. The lowest BCUT2D eigenvalue weighted by Crippen LogP contribution is -2.25. The van der Waals surface area contributed by atoms with E-state index in [1.165, 1.54) is 19.2 Å². The van der Waals surface area contributed by atoms with Crippen LogP contribution in [0.25, 0.3) is 22.7 Å². The molecule has 1 unspecified atom stereocenters. The summed E-state index contributed by atoms with van der Waals surface area (Å²) in [7, 11) is -9.47. The topological polar surface area (TPSA) is 126 Å². The average Bonchev–Trinajstić information content (AvgIpc) is 3.52. The van der Waals surface area contributed by atoms with Gasteiger partial charge in [-0.2, -0.15) is 31.6 Å².